The number of carbonyl (C=O) groups excluding carboxylic acids is 5. The van der Waals surface area contributed by atoms with Crippen LogP contribution < -0.4 is 0 Å². The van der Waals surface area contributed by atoms with Gasteiger partial charge in [0.1, 0.15) is 18.3 Å². The summed E-state index contributed by atoms with van der Waals surface area (Å²) in [5.41, 5.74) is -1.87. The summed E-state index contributed by atoms with van der Waals surface area (Å²) < 4.78 is 31.1. The fourth-order valence-electron chi connectivity index (χ4n) is 8.26. The van der Waals surface area contributed by atoms with Gasteiger partial charge < -0.3 is 23.7 Å². The second kappa shape index (κ2) is 13.0. The molecule has 1 aromatic rings. The third-order valence-electron chi connectivity index (χ3n) is 11.2. The smallest absolute Gasteiger partial charge is 0.338 e. The Hall–Kier alpha value is -4.05. The number of esters is 4. The Kier molecular flexibility index (Phi) is 9.62. The number of fused-ring (bicyclic) bond motifs is 1. The van der Waals surface area contributed by atoms with Crippen LogP contribution in [0.1, 0.15) is 86.0 Å². The highest BCUT2D eigenvalue weighted by Gasteiger charge is 2.84. The van der Waals surface area contributed by atoms with Crippen LogP contribution in [0, 0.1) is 29.1 Å². The Morgan fingerprint density at radius 2 is 1.41 bits per heavy atom. The maximum atomic E-state index is 14.7. The van der Waals surface area contributed by atoms with Crippen LogP contribution in [-0.4, -0.2) is 65.3 Å². The SMILES string of the molecule is C/C=C(/C)C(=O)O[C@H]1[C@H]2[C@@H]([C@H](OC(C)=O)[C@@H](C)C(=O)[C@@]34C[C@H](C)[C@H](OC(=O)/C(C)=C/C)[C@]3(/C=C(\C)[C@H]1OC(=O)c1ccccc1)O4)C2(C)C. The predicted octanol–water partition coefficient (Wildman–Crippen LogP) is 5.88. The number of allylic oxidation sites excluding steroid dienone is 2. The molecule has 10 nitrogen and oxygen atoms in total. The van der Waals surface area contributed by atoms with Crippen LogP contribution in [0.25, 0.3) is 0 Å². The molecule has 0 N–H and O–H groups in total. The Balaban J connectivity index is 1.73. The molecular formula is C39H48O10. The van der Waals surface area contributed by atoms with Crippen molar-refractivity contribution in [1.82, 2.24) is 0 Å². The summed E-state index contributed by atoms with van der Waals surface area (Å²) >= 11 is 0. The molecule has 2 saturated carbocycles. The van der Waals surface area contributed by atoms with Gasteiger partial charge >= 0.3 is 23.9 Å². The molecule has 3 fully saturated rings. The van der Waals surface area contributed by atoms with Gasteiger partial charge in [-0.15, -0.1) is 0 Å². The number of carbonyl (C=O) groups is 5. The van der Waals surface area contributed by atoms with Gasteiger partial charge in [-0.2, -0.15) is 0 Å². The Labute approximate surface area is 288 Å². The molecule has 0 bridgehead atoms. The van der Waals surface area contributed by atoms with Crippen molar-refractivity contribution in [1.29, 1.82) is 0 Å². The van der Waals surface area contributed by atoms with Crippen LogP contribution in [-0.2, 0) is 42.9 Å². The highest BCUT2D eigenvalue weighted by molar-refractivity contribution is 5.96. The molecule has 3 aliphatic carbocycles. The summed E-state index contributed by atoms with van der Waals surface area (Å²) in [5, 5.41) is 0. The lowest BCUT2D eigenvalue weighted by Crippen LogP contribution is -2.43. The summed E-state index contributed by atoms with van der Waals surface area (Å²) in [6, 6.07) is 8.48. The fourth-order valence-corrected chi connectivity index (χ4v) is 8.26. The predicted molar refractivity (Wildman–Crippen MR) is 179 cm³/mol. The number of hydrogen-bond donors (Lipinski definition) is 0. The summed E-state index contributed by atoms with van der Waals surface area (Å²) in [6.07, 6.45) is 1.31. The molecule has 0 spiro atoms. The summed E-state index contributed by atoms with van der Waals surface area (Å²) in [5.74, 6) is -4.65. The van der Waals surface area contributed by atoms with Gasteiger partial charge in [0.2, 0.25) is 0 Å². The highest BCUT2D eigenvalue weighted by Crippen LogP contribution is 2.69. The van der Waals surface area contributed by atoms with Crippen LogP contribution in [0.4, 0.5) is 0 Å². The standard InChI is InChI=1S/C39H48O10/c1-11-20(3)34(42)47-31-28-27(37(28,9)10)30(45-25(8)40)24(7)32(41)38-19-23(6)33(48-35(43)21(4)12-2)39(38,49-38)18-22(5)29(31)46-36(44)26-16-14-13-15-17-26/h11-18,23-24,27-31,33H,19H2,1-10H3/b20-11-,21-12+,22-18+/t23-,24+,27-,28+,29+,30+,31-,33-,38-,39-/m0/s1. The first kappa shape index (κ1) is 36.2. The van der Waals surface area contributed by atoms with E-state index in [0.29, 0.717) is 22.3 Å². The zero-order chi connectivity index (χ0) is 36.2. The van der Waals surface area contributed by atoms with Crippen molar-refractivity contribution in [3.05, 3.63) is 70.8 Å². The first-order valence-electron chi connectivity index (χ1n) is 17.0. The second-order valence-corrected chi connectivity index (χ2v) is 14.7. The lowest BCUT2D eigenvalue weighted by atomic mass is 9.80. The molecule has 10 heteroatoms. The number of benzene rings is 1. The zero-order valence-corrected chi connectivity index (χ0v) is 30.0. The van der Waals surface area contributed by atoms with Crippen LogP contribution >= 0.6 is 0 Å². The molecule has 0 aromatic heterocycles. The first-order valence-corrected chi connectivity index (χ1v) is 17.0. The number of rotatable bonds is 7. The minimum Gasteiger partial charge on any atom is -0.461 e. The molecule has 5 rings (SSSR count). The van der Waals surface area contributed by atoms with Crippen molar-refractivity contribution >= 4 is 29.7 Å². The van der Waals surface area contributed by atoms with E-state index in [1.165, 1.54) is 6.92 Å². The van der Waals surface area contributed by atoms with Gasteiger partial charge in [0.05, 0.1) is 11.5 Å². The maximum Gasteiger partial charge on any atom is 0.338 e. The minimum absolute atomic E-state index is 0.254. The Morgan fingerprint density at radius 3 is 1.98 bits per heavy atom. The lowest BCUT2D eigenvalue weighted by molar-refractivity contribution is -0.157. The largest absolute Gasteiger partial charge is 0.461 e. The Morgan fingerprint density at radius 1 is 0.837 bits per heavy atom. The average molecular weight is 677 g/mol. The van der Waals surface area contributed by atoms with Crippen molar-refractivity contribution < 1.29 is 47.7 Å². The third-order valence-corrected chi connectivity index (χ3v) is 11.2. The van der Waals surface area contributed by atoms with Crippen molar-refractivity contribution in [3.8, 4) is 0 Å². The number of ether oxygens (including phenoxy) is 5. The van der Waals surface area contributed by atoms with Crippen molar-refractivity contribution in [3.63, 3.8) is 0 Å². The van der Waals surface area contributed by atoms with Crippen LogP contribution in [0.2, 0.25) is 0 Å². The van der Waals surface area contributed by atoms with Crippen molar-refractivity contribution in [2.45, 2.75) is 111 Å². The second-order valence-electron chi connectivity index (χ2n) is 14.7. The number of epoxide rings is 1. The molecule has 1 heterocycles. The van der Waals surface area contributed by atoms with E-state index in [1.54, 1.807) is 90.1 Å². The first-order chi connectivity index (χ1) is 23.0. The molecular weight excluding hydrogens is 628 g/mol. The van der Waals surface area contributed by atoms with Gasteiger partial charge in [0, 0.05) is 29.9 Å². The summed E-state index contributed by atoms with van der Waals surface area (Å²) in [4.78, 5) is 67.7. The van der Waals surface area contributed by atoms with Gasteiger partial charge in [-0.25, -0.2) is 14.4 Å². The summed E-state index contributed by atoms with van der Waals surface area (Å²) in [7, 11) is 0. The molecule has 0 radical (unpaired) electrons. The van der Waals surface area contributed by atoms with E-state index in [2.05, 4.69) is 0 Å². The van der Waals surface area contributed by atoms with Gasteiger partial charge in [-0.05, 0) is 76.2 Å². The molecule has 4 aliphatic rings. The molecule has 1 saturated heterocycles. The van der Waals surface area contributed by atoms with E-state index in [4.69, 9.17) is 23.7 Å². The lowest BCUT2D eigenvalue weighted by Gasteiger charge is -2.31. The van der Waals surface area contributed by atoms with Gasteiger partial charge in [0.15, 0.2) is 23.1 Å². The van der Waals surface area contributed by atoms with Gasteiger partial charge in [0.25, 0.3) is 0 Å². The molecule has 264 valence electrons. The topological polar surface area (TPSA) is 135 Å². The average Bonchev–Trinajstić information content (AvgIpc) is 3.86. The fraction of sp³-hybridized carbons (Fsp3) is 0.564. The van der Waals surface area contributed by atoms with E-state index >= 15 is 0 Å². The molecule has 1 aromatic carbocycles. The normalized spacial score (nSPS) is 37.5. The van der Waals surface area contributed by atoms with E-state index in [1.807, 2.05) is 20.8 Å². The van der Waals surface area contributed by atoms with E-state index in [0.717, 1.165) is 0 Å². The van der Waals surface area contributed by atoms with Gasteiger partial charge in [-0.1, -0.05) is 58.0 Å². The van der Waals surface area contributed by atoms with Crippen LogP contribution in [0.3, 0.4) is 0 Å². The number of Topliss-reactive ketones (excluding diaryl/α,β-unsaturated/α-hetero) is 1. The van der Waals surface area contributed by atoms with E-state index in [-0.39, 0.29) is 18.1 Å². The molecule has 0 amide bonds. The quantitative estimate of drug-likeness (QED) is 0.113. The van der Waals surface area contributed by atoms with E-state index < -0.39 is 82.7 Å². The van der Waals surface area contributed by atoms with Crippen LogP contribution in [0.15, 0.2) is 65.3 Å². The van der Waals surface area contributed by atoms with Crippen molar-refractivity contribution in [2.24, 2.45) is 29.1 Å². The van der Waals surface area contributed by atoms with Gasteiger partial charge in [-0.3, -0.25) is 9.59 Å². The highest BCUT2D eigenvalue weighted by atomic mass is 16.7. The summed E-state index contributed by atoms with van der Waals surface area (Å²) in [6.45, 7) is 17.3. The number of ketones is 1. The Bertz CT molecular complexity index is 1640. The molecule has 0 unspecified atom stereocenters. The minimum atomic E-state index is -1.40. The van der Waals surface area contributed by atoms with Crippen molar-refractivity contribution in [2.75, 3.05) is 0 Å². The molecule has 49 heavy (non-hydrogen) atoms. The maximum absolute atomic E-state index is 14.7. The molecule has 1 aliphatic heterocycles. The molecule has 10 atom stereocenters. The number of hydrogen-bond acceptors (Lipinski definition) is 10. The third kappa shape index (κ3) is 6.06. The zero-order valence-electron chi connectivity index (χ0n) is 30.0. The van der Waals surface area contributed by atoms with E-state index in [9.17, 15) is 24.0 Å². The van der Waals surface area contributed by atoms with Crippen LogP contribution in [0.5, 0.6) is 0 Å². The monoisotopic (exact) mass is 676 g/mol.